The highest BCUT2D eigenvalue weighted by Crippen LogP contribution is 2.12. The van der Waals surface area contributed by atoms with E-state index >= 15 is 0 Å². The minimum atomic E-state index is -1.18. The molecule has 0 aliphatic carbocycles. The third-order valence-corrected chi connectivity index (χ3v) is 4.82. The monoisotopic (exact) mass is 433 g/mol. The van der Waals surface area contributed by atoms with Crippen LogP contribution in [0.4, 0.5) is 0 Å². The molecule has 3 atom stereocenters. The molecule has 0 spiro atoms. The number of thiol groups is 1. The number of carboxylic acids is 2. The average molecular weight is 434 g/mol. The Morgan fingerprint density at radius 1 is 0.897 bits per heavy atom. The van der Waals surface area contributed by atoms with Crippen molar-refractivity contribution in [2.75, 3.05) is 12.3 Å². The van der Waals surface area contributed by atoms with Crippen LogP contribution in [0, 0.1) is 5.92 Å². The first kappa shape index (κ1) is 27.0. The number of Topliss-reactive ketones (excluding diaryl/α,β-unsaturated/α-hetero) is 2. The number of carbonyl (C=O) groups excluding carboxylic acids is 3. The molecule has 166 valence electrons. The molecule has 0 bridgehead atoms. The quantitative estimate of drug-likeness (QED) is 0.132. The number of hydrogen-bond acceptors (Lipinski definition) is 8. The van der Waals surface area contributed by atoms with Gasteiger partial charge in [0, 0.05) is 25.0 Å². The Morgan fingerprint density at radius 3 is 2.10 bits per heavy atom. The predicted octanol–water partition coefficient (Wildman–Crippen LogP) is -0.269. The smallest absolute Gasteiger partial charge is 0.322 e. The number of unbranched alkanes of at least 4 members (excludes halogenated alkanes) is 2. The maximum absolute atomic E-state index is 12.0. The second-order valence-corrected chi connectivity index (χ2v) is 7.25. The number of rotatable bonds is 17. The molecular formula is C18H31N3O7S. The Kier molecular flexibility index (Phi) is 13.9. The van der Waals surface area contributed by atoms with Gasteiger partial charge in [-0.2, -0.15) is 12.6 Å². The first-order valence-corrected chi connectivity index (χ1v) is 10.1. The molecule has 10 nitrogen and oxygen atoms in total. The number of amides is 1. The molecule has 0 radical (unpaired) electrons. The van der Waals surface area contributed by atoms with Crippen LogP contribution >= 0.6 is 12.6 Å². The van der Waals surface area contributed by atoms with Crippen molar-refractivity contribution in [2.24, 2.45) is 17.4 Å². The molecular weight excluding hydrogens is 402 g/mol. The van der Waals surface area contributed by atoms with E-state index in [1.807, 2.05) is 0 Å². The van der Waals surface area contributed by atoms with E-state index in [0.29, 0.717) is 25.7 Å². The number of aliphatic carboxylic acids is 2. The van der Waals surface area contributed by atoms with Crippen molar-refractivity contribution in [1.29, 1.82) is 0 Å². The zero-order valence-corrected chi connectivity index (χ0v) is 17.2. The van der Waals surface area contributed by atoms with Gasteiger partial charge in [0.1, 0.15) is 24.2 Å². The van der Waals surface area contributed by atoms with Gasteiger partial charge in [0.05, 0.1) is 12.0 Å². The molecule has 0 heterocycles. The van der Waals surface area contributed by atoms with Crippen molar-refractivity contribution in [3.63, 3.8) is 0 Å². The third-order valence-electron chi connectivity index (χ3n) is 4.38. The fourth-order valence-corrected chi connectivity index (χ4v) is 2.85. The van der Waals surface area contributed by atoms with Gasteiger partial charge in [0.2, 0.25) is 5.91 Å². The number of nitrogens with two attached hydrogens (primary N) is 2. The molecule has 0 aliphatic heterocycles. The molecule has 0 unspecified atom stereocenters. The van der Waals surface area contributed by atoms with Crippen LogP contribution in [0.5, 0.6) is 0 Å². The molecule has 0 aromatic carbocycles. The molecule has 0 rings (SSSR count). The molecule has 1 amide bonds. The summed E-state index contributed by atoms with van der Waals surface area (Å²) in [5, 5.41) is 19.4. The molecule has 0 saturated heterocycles. The van der Waals surface area contributed by atoms with Gasteiger partial charge >= 0.3 is 11.9 Å². The zero-order valence-electron chi connectivity index (χ0n) is 16.3. The number of nitrogens with one attached hydrogen (secondary N) is 1. The van der Waals surface area contributed by atoms with Crippen molar-refractivity contribution >= 4 is 42.0 Å². The third kappa shape index (κ3) is 13.0. The Hall–Kier alpha value is -1.98. The fourth-order valence-electron chi connectivity index (χ4n) is 2.55. The van der Waals surface area contributed by atoms with E-state index in [0.717, 1.165) is 0 Å². The standard InChI is InChI=1S/C18H31N3O7S/c19-13(15(23)5-3-1-2-4-14(20)18(27)28)7-6-12(22)8-11(10-29)17(26)21-9-16(24)25/h11,13-14,29H,1-10,19-20H2,(H,21,26)(H,24,25)(H,27,28)/t11-,13-,14-/m0/s1. The Labute approximate surface area is 175 Å². The molecule has 0 fully saturated rings. The summed E-state index contributed by atoms with van der Waals surface area (Å²) in [6, 6.07) is -1.68. The lowest BCUT2D eigenvalue weighted by atomic mass is 9.96. The van der Waals surface area contributed by atoms with Crippen LogP contribution in [0.1, 0.15) is 51.4 Å². The second kappa shape index (κ2) is 14.9. The fraction of sp³-hybridized carbons (Fsp3) is 0.722. The summed E-state index contributed by atoms with van der Waals surface area (Å²) in [5.41, 5.74) is 11.2. The summed E-state index contributed by atoms with van der Waals surface area (Å²) < 4.78 is 0. The lowest BCUT2D eigenvalue weighted by molar-refractivity contribution is -0.139. The maximum Gasteiger partial charge on any atom is 0.322 e. The normalized spacial score (nSPS) is 13.9. The minimum Gasteiger partial charge on any atom is -0.480 e. The van der Waals surface area contributed by atoms with Crippen LogP contribution in [0.2, 0.25) is 0 Å². The number of carboxylic acid groups (broad SMARTS) is 2. The van der Waals surface area contributed by atoms with Crippen molar-refractivity contribution in [1.82, 2.24) is 5.32 Å². The zero-order chi connectivity index (χ0) is 22.4. The SMILES string of the molecule is N[C@@H](CCCCCC(=O)[C@@H](N)CCC(=O)C[C@@H](CS)C(=O)NCC(=O)O)C(=O)O. The van der Waals surface area contributed by atoms with E-state index in [1.165, 1.54) is 0 Å². The first-order chi connectivity index (χ1) is 13.6. The molecule has 0 aromatic rings. The van der Waals surface area contributed by atoms with Crippen molar-refractivity contribution in [3.05, 3.63) is 0 Å². The Bertz CT molecular complexity index is 586. The lowest BCUT2D eigenvalue weighted by Crippen LogP contribution is -2.36. The summed E-state index contributed by atoms with van der Waals surface area (Å²) in [7, 11) is 0. The summed E-state index contributed by atoms with van der Waals surface area (Å²) in [5.74, 6) is -3.86. The van der Waals surface area contributed by atoms with Gasteiger partial charge in [-0.1, -0.05) is 12.8 Å². The van der Waals surface area contributed by atoms with Gasteiger partial charge in [0.15, 0.2) is 0 Å². The van der Waals surface area contributed by atoms with E-state index < -0.39 is 42.4 Å². The number of ketones is 2. The Morgan fingerprint density at radius 2 is 1.55 bits per heavy atom. The van der Waals surface area contributed by atoms with E-state index in [4.69, 9.17) is 21.7 Å². The highest BCUT2D eigenvalue weighted by molar-refractivity contribution is 7.80. The number of carbonyl (C=O) groups is 5. The maximum atomic E-state index is 12.0. The lowest BCUT2D eigenvalue weighted by Gasteiger charge is -2.14. The Balaban J connectivity index is 4.11. The van der Waals surface area contributed by atoms with Gasteiger partial charge in [-0.15, -0.1) is 0 Å². The van der Waals surface area contributed by atoms with Gasteiger partial charge in [-0.3, -0.25) is 24.0 Å². The topological polar surface area (TPSA) is 190 Å². The largest absolute Gasteiger partial charge is 0.480 e. The number of hydrogen-bond donors (Lipinski definition) is 6. The molecule has 7 N–H and O–H groups in total. The van der Waals surface area contributed by atoms with Gasteiger partial charge in [-0.05, 0) is 19.3 Å². The molecule has 0 aliphatic rings. The van der Waals surface area contributed by atoms with E-state index in [-0.39, 0.29) is 43.0 Å². The average Bonchev–Trinajstić information content (AvgIpc) is 2.67. The summed E-state index contributed by atoms with van der Waals surface area (Å²) in [6.07, 6.45) is 2.52. The first-order valence-electron chi connectivity index (χ1n) is 9.47. The van der Waals surface area contributed by atoms with Crippen LogP contribution in [0.25, 0.3) is 0 Å². The molecule has 0 saturated carbocycles. The van der Waals surface area contributed by atoms with Crippen molar-refractivity contribution in [2.45, 2.75) is 63.5 Å². The molecule has 11 heteroatoms. The van der Waals surface area contributed by atoms with Crippen LogP contribution in [0.15, 0.2) is 0 Å². The molecule has 0 aromatic heterocycles. The summed E-state index contributed by atoms with van der Waals surface area (Å²) in [6.45, 7) is -0.529. The van der Waals surface area contributed by atoms with E-state index in [2.05, 4.69) is 17.9 Å². The van der Waals surface area contributed by atoms with Crippen molar-refractivity contribution in [3.8, 4) is 0 Å². The second-order valence-electron chi connectivity index (χ2n) is 6.89. The van der Waals surface area contributed by atoms with Crippen LogP contribution in [-0.4, -0.2) is 64.0 Å². The predicted molar refractivity (Wildman–Crippen MR) is 109 cm³/mol. The van der Waals surface area contributed by atoms with Crippen LogP contribution in [-0.2, 0) is 24.0 Å². The van der Waals surface area contributed by atoms with E-state index in [1.54, 1.807) is 0 Å². The van der Waals surface area contributed by atoms with Gasteiger partial charge in [-0.25, -0.2) is 0 Å². The van der Waals surface area contributed by atoms with Crippen molar-refractivity contribution < 1.29 is 34.2 Å². The summed E-state index contributed by atoms with van der Waals surface area (Å²) >= 11 is 4.02. The highest BCUT2D eigenvalue weighted by Gasteiger charge is 2.22. The van der Waals surface area contributed by atoms with Gasteiger partial charge in [0.25, 0.3) is 0 Å². The van der Waals surface area contributed by atoms with E-state index in [9.17, 15) is 24.0 Å². The minimum absolute atomic E-state index is 0.0386. The van der Waals surface area contributed by atoms with Gasteiger partial charge < -0.3 is 27.0 Å². The summed E-state index contributed by atoms with van der Waals surface area (Å²) in [4.78, 5) is 56.9. The van der Waals surface area contributed by atoms with Crippen LogP contribution in [0.3, 0.4) is 0 Å². The highest BCUT2D eigenvalue weighted by atomic mass is 32.1. The molecule has 29 heavy (non-hydrogen) atoms. The van der Waals surface area contributed by atoms with Crippen LogP contribution < -0.4 is 16.8 Å².